The molecular weight excluding hydrogens is 294 g/mol. The van der Waals surface area contributed by atoms with Gasteiger partial charge < -0.3 is 19.8 Å². The lowest BCUT2D eigenvalue weighted by Gasteiger charge is -2.22. The third-order valence-electron chi connectivity index (χ3n) is 4.11. The molecule has 2 fully saturated rings. The Balaban J connectivity index is 1.41. The smallest absolute Gasteiger partial charge is 0.254 e. The Kier molecular flexibility index (Phi) is 3.85. The van der Waals surface area contributed by atoms with Gasteiger partial charge in [-0.3, -0.25) is 4.79 Å². The van der Waals surface area contributed by atoms with Gasteiger partial charge in [0.1, 0.15) is 6.10 Å². The molecule has 0 bridgehead atoms. The van der Waals surface area contributed by atoms with Gasteiger partial charge >= 0.3 is 0 Å². The van der Waals surface area contributed by atoms with Gasteiger partial charge in [-0.15, -0.1) is 0 Å². The number of carbonyl (C=O) groups excluding carboxylic acids is 1. The van der Waals surface area contributed by atoms with E-state index in [2.05, 4.69) is 15.6 Å². The van der Waals surface area contributed by atoms with Crippen LogP contribution >= 0.6 is 0 Å². The molecule has 23 heavy (non-hydrogen) atoms. The van der Waals surface area contributed by atoms with Crippen LogP contribution in [0.4, 0.5) is 5.69 Å². The summed E-state index contributed by atoms with van der Waals surface area (Å²) in [5, 5.41) is 6.02. The highest BCUT2D eigenvalue weighted by atomic mass is 16.5. The van der Waals surface area contributed by atoms with E-state index in [0.29, 0.717) is 19.1 Å². The number of carbonyl (C=O) groups is 1. The molecular formula is C17H19N3O3. The zero-order valence-corrected chi connectivity index (χ0v) is 12.7. The zero-order chi connectivity index (χ0) is 15.6. The van der Waals surface area contributed by atoms with Crippen LogP contribution < -0.4 is 10.6 Å². The number of ether oxygens (including phenoxy) is 1. The van der Waals surface area contributed by atoms with Crippen LogP contribution in [0.2, 0.25) is 0 Å². The summed E-state index contributed by atoms with van der Waals surface area (Å²) in [5.41, 5.74) is 1.70. The molecule has 0 radical (unpaired) electrons. The van der Waals surface area contributed by atoms with Crippen molar-refractivity contribution >= 4 is 11.6 Å². The van der Waals surface area contributed by atoms with E-state index in [9.17, 15) is 4.79 Å². The summed E-state index contributed by atoms with van der Waals surface area (Å²) in [6, 6.07) is 7.57. The number of anilines is 1. The van der Waals surface area contributed by atoms with Gasteiger partial charge in [-0.05, 0) is 37.1 Å². The Labute approximate surface area is 134 Å². The average Bonchev–Trinajstić information content (AvgIpc) is 3.34. The fourth-order valence-corrected chi connectivity index (χ4v) is 2.61. The number of oxazole rings is 1. The van der Waals surface area contributed by atoms with Gasteiger partial charge in [-0.25, -0.2) is 4.98 Å². The van der Waals surface area contributed by atoms with Crippen molar-refractivity contribution in [2.45, 2.75) is 24.9 Å². The Morgan fingerprint density at radius 2 is 2.09 bits per heavy atom. The lowest BCUT2D eigenvalue weighted by atomic mass is 10.1. The van der Waals surface area contributed by atoms with Gasteiger partial charge in [0.25, 0.3) is 5.91 Å². The molecule has 1 aliphatic heterocycles. The number of hydrogen-bond donors (Lipinski definition) is 2. The predicted molar refractivity (Wildman–Crippen MR) is 85.2 cm³/mol. The summed E-state index contributed by atoms with van der Waals surface area (Å²) in [5.74, 6) is 1.98. The fourth-order valence-electron chi connectivity index (χ4n) is 2.61. The van der Waals surface area contributed by atoms with Crippen molar-refractivity contribution in [2.24, 2.45) is 0 Å². The van der Waals surface area contributed by atoms with Gasteiger partial charge in [-0.2, -0.15) is 0 Å². The van der Waals surface area contributed by atoms with E-state index in [1.165, 1.54) is 12.8 Å². The van der Waals surface area contributed by atoms with Gasteiger partial charge in [0.05, 0.1) is 12.8 Å². The normalized spacial score (nSPS) is 21.1. The van der Waals surface area contributed by atoms with Crippen LogP contribution in [0.15, 0.2) is 34.9 Å². The highest BCUT2D eigenvalue weighted by Crippen LogP contribution is 2.40. The van der Waals surface area contributed by atoms with E-state index in [0.717, 1.165) is 29.4 Å². The lowest BCUT2D eigenvalue weighted by Crippen LogP contribution is -2.45. The van der Waals surface area contributed by atoms with E-state index in [1.54, 1.807) is 6.20 Å². The minimum atomic E-state index is -0.432. The van der Waals surface area contributed by atoms with Crippen molar-refractivity contribution in [2.75, 3.05) is 25.0 Å². The van der Waals surface area contributed by atoms with Gasteiger partial charge in [0.15, 0.2) is 11.7 Å². The van der Waals surface area contributed by atoms with Crippen molar-refractivity contribution in [3.63, 3.8) is 0 Å². The minimum Gasteiger partial charge on any atom is -0.440 e. The molecule has 2 aromatic rings. The first kappa shape index (κ1) is 14.4. The van der Waals surface area contributed by atoms with Crippen LogP contribution in [-0.2, 0) is 9.53 Å². The van der Waals surface area contributed by atoms with Crippen LogP contribution in [0.3, 0.4) is 0 Å². The molecule has 2 aliphatic rings. The number of hydrogen-bond acceptors (Lipinski definition) is 5. The molecule has 120 valence electrons. The van der Waals surface area contributed by atoms with Gasteiger partial charge in [0.2, 0.25) is 0 Å². The second-order valence-corrected chi connectivity index (χ2v) is 5.97. The molecule has 1 aromatic carbocycles. The van der Waals surface area contributed by atoms with Crippen LogP contribution in [0.1, 0.15) is 24.7 Å². The molecule has 6 nitrogen and oxygen atoms in total. The third kappa shape index (κ3) is 3.28. The molecule has 1 aliphatic carbocycles. The van der Waals surface area contributed by atoms with E-state index in [1.807, 2.05) is 24.3 Å². The minimum absolute atomic E-state index is 0.124. The number of rotatable bonds is 4. The Bertz CT molecular complexity index is 685. The first-order chi connectivity index (χ1) is 11.3. The molecule has 4 rings (SSSR count). The van der Waals surface area contributed by atoms with Crippen LogP contribution in [0.25, 0.3) is 11.3 Å². The van der Waals surface area contributed by atoms with Crippen LogP contribution in [0, 0.1) is 0 Å². The SMILES string of the molecule is O=C(Nc1ccc(-c2cnc(C3CC3)o2)cc1)C1CNCCO1. The van der Waals surface area contributed by atoms with E-state index in [-0.39, 0.29) is 5.91 Å². The summed E-state index contributed by atoms with van der Waals surface area (Å²) in [7, 11) is 0. The number of benzene rings is 1. The number of morpholine rings is 1. The highest BCUT2D eigenvalue weighted by molar-refractivity contribution is 5.94. The van der Waals surface area contributed by atoms with Crippen molar-refractivity contribution < 1.29 is 13.9 Å². The second kappa shape index (κ2) is 6.14. The Morgan fingerprint density at radius 1 is 1.26 bits per heavy atom. The van der Waals surface area contributed by atoms with Crippen LogP contribution in [0.5, 0.6) is 0 Å². The number of nitrogens with zero attached hydrogens (tertiary/aromatic N) is 1. The van der Waals surface area contributed by atoms with Gasteiger partial charge in [0, 0.05) is 30.3 Å². The lowest BCUT2D eigenvalue weighted by molar-refractivity contribution is -0.128. The molecule has 1 atom stereocenters. The maximum atomic E-state index is 12.1. The third-order valence-corrected chi connectivity index (χ3v) is 4.11. The number of nitrogens with one attached hydrogen (secondary N) is 2. The standard InChI is InChI=1S/C17H19N3O3/c21-16(15-9-18-7-8-22-15)20-13-5-3-11(4-6-13)14-10-19-17(23-14)12-1-2-12/h3-6,10,12,15,18H,1-2,7-9H2,(H,20,21). The molecule has 2 N–H and O–H groups in total. The maximum Gasteiger partial charge on any atom is 0.254 e. The average molecular weight is 313 g/mol. The maximum absolute atomic E-state index is 12.1. The summed E-state index contributed by atoms with van der Waals surface area (Å²) >= 11 is 0. The highest BCUT2D eigenvalue weighted by Gasteiger charge is 2.28. The molecule has 1 aromatic heterocycles. The van der Waals surface area contributed by atoms with E-state index >= 15 is 0 Å². The monoisotopic (exact) mass is 313 g/mol. The van der Waals surface area contributed by atoms with Crippen molar-refractivity contribution in [1.29, 1.82) is 0 Å². The first-order valence-corrected chi connectivity index (χ1v) is 7.99. The van der Waals surface area contributed by atoms with E-state index in [4.69, 9.17) is 9.15 Å². The van der Waals surface area contributed by atoms with Crippen molar-refractivity contribution in [1.82, 2.24) is 10.3 Å². The fraction of sp³-hybridized carbons (Fsp3) is 0.412. The van der Waals surface area contributed by atoms with E-state index < -0.39 is 6.10 Å². The quantitative estimate of drug-likeness (QED) is 0.904. The number of aromatic nitrogens is 1. The largest absolute Gasteiger partial charge is 0.440 e. The van der Waals surface area contributed by atoms with Gasteiger partial charge in [-0.1, -0.05) is 0 Å². The zero-order valence-electron chi connectivity index (χ0n) is 12.7. The number of amides is 1. The molecule has 1 unspecified atom stereocenters. The Hall–Kier alpha value is -2.18. The predicted octanol–water partition coefficient (Wildman–Crippen LogP) is 2.15. The summed E-state index contributed by atoms with van der Waals surface area (Å²) in [6.07, 6.45) is 3.67. The summed E-state index contributed by atoms with van der Waals surface area (Å²) in [4.78, 5) is 16.4. The second-order valence-electron chi connectivity index (χ2n) is 5.97. The van der Waals surface area contributed by atoms with Crippen molar-refractivity contribution in [3.05, 3.63) is 36.4 Å². The summed E-state index contributed by atoms with van der Waals surface area (Å²) < 4.78 is 11.2. The molecule has 0 spiro atoms. The summed E-state index contributed by atoms with van der Waals surface area (Å²) in [6.45, 7) is 1.90. The van der Waals surface area contributed by atoms with Crippen LogP contribution in [-0.4, -0.2) is 36.7 Å². The molecule has 2 heterocycles. The molecule has 6 heteroatoms. The molecule has 1 amide bonds. The topological polar surface area (TPSA) is 76.4 Å². The molecule has 1 saturated heterocycles. The molecule has 1 saturated carbocycles. The first-order valence-electron chi connectivity index (χ1n) is 7.99. The van der Waals surface area contributed by atoms with Crippen molar-refractivity contribution in [3.8, 4) is 11.3 Å². The Morgan fingerprint density at radius 3 is 2.78 bits per heavy atom.